The molecule has 0 aliphatic heterocycles. The number of amides is 1. The monoisotopic (exact) mass is 188 g/mol. The van der Waals surface area contributed by atoms with E-state index in [9.17, 15) is 4.79 Å². The molecule has 1 rings (SSSR count). The number of methoxy groups -OCH3 is 1. The maximum absolute atomic E-state index is 10.7. The first-order valence-electron chi connectivity index (χ1n) is 3.12. The Labute approximate surface area is 73.1 Å². The molecule has 1 atom stereocenters. The smallest absolute Gasteiger partial charge is 0.254 e. The van der Waals surface area contributed by atoms with E-state index in [1.807, 2.05) is 0 Å². The van der Waals surface area contributed by atoms with Crippen molar-refractivity contribution in [3.05, 3.63) is 10.6 Å². The highest BCUT2D eigenvalue weighted by Gasteiger charge is 2.19. The third kappa shape index (κ3) is 1.69. The van der Waals surface area contributed by atoms with E-state index in [0.29, 0.717) is 0 Å². The van der Waals surface area contributed by atoms with Crippen molar-refractivity contribution in [1.29, 1.82) is 0 Å². The van der Waals surface area contributed by atoms with Crippen molar-refractivity contribution in [2.24, 2.45) is 5.73 Å². The Morgan fingerprint density at radius 2 is 2.42 bits per heavy atom. The van der Waals surface area contributed by atoms with Gasteiger partial charge in [-0.05, 0) is 12.2 Å². The number of nitrogens with two attached hydrogens (primary N) is 1. The van der Waals surface area contributed by atoms with Crippen LogP contribution in [0.1, 0.15) is 11.9 Å². The third-order valence-electron chi connectivity index (χ3n) is 1.26. The van der Waals surface area contributed by atoms with Crippen molar-refractivity contribution in [3.8, 4) is 0 Å². The van der Waals surface area contributed by atoms with E-state index in [-0.39, 0.29) is 10.6 Å². The zero-order valence-electron chi connectivity index (χ0n) is 6.33. The molecule has 0 fully saturated rings. The van der Waals surface area contributed by atoms with Gasteiger partial charge in [0.05, 0.1) is 0 Å². The molecule has 0 aromatic carbocycles. The lowest BCUT2D eigenvalue weighted by Gasteiger charge is -2.06. The summed E-state index contributed by atoms with van der Waals surface area (Å²) in [6.07, 6.45) is -0.877. The molecule has 0 saturated carbocycles. The largest absolute Gasteiger partial charge is 0.367 e. The Morgan fingerprint density at radius 1 is 1.75 bits per heavy atom. The second-order valence-corrected chi connectivity index (χ2v) is 2.46. The van der Waals surface area contributed by atoms with Crippen LogP contribution in [0.25, 0.3) is 0 Å². The first-order chi connectivity index (χ1) is 5.65. The number of aromatic amines is 2. The maximum atomic E-state index is 10.7. The second kappa shape index (κ2) is 3.46. The van der Waals surface area contributed by atoms with Gasteiger partial charge in [0.2, 0.25) is 4.77 Å². The van der Waals surface area contributed by atoms with Crippen LogP contribution in [0.15, 0.2) is 0 Å². The molecule has 1 unspecified atom stereocenters. The zero-order valence-corrected chi connectivity index (χ0v) is 7.14. The van der Waals surface area contributed by atoms with E-state index >= 15 is 0 Å². The molecule has 66 valence electrons. The molecule has 0 spiro atoms. The Kier molecular flexibility index (Phi) is 2.56. The number of H-pyrrole nitrogens is 2. The summed E-state index contributed by atoms with van der Waals surface area (Å²) in [5.74, 6) is -0.328. The molecule has 1 amide bonds. The minimum absolute atomic E-state index is 0.258. The fourth-order valence-electron chi connectivity index (χ4n) is 0.770. The normalized spacial score (nSPS) is 12.8. The number of nitrogens with one attached hydrogen (secondary N) is 2. The molecule has 1 heterocycles. The molecular formula is C5H8N4O2S. The average molecular weight is 188 g/mol. The van der Waals surface area contributed by atoms with Crippen LogP contribution < -0.4 is 5.73 Å². The van der Waals surface area contributed by atoms with Gasteiger partial charge in [0.1, 0.15) is 0 Å². The lowest BCUT2D eigenvalue weighted by atomic mass is 10.3. The van der Waals surface area contributed by atoms with Crippen LogP contribution in [0.5, 0.6) is 0 Å². The van der Waals surface area contributed by atoms with E-state index in [2.05, 4.69) is 27.4 Å². The fourth-order valence-corrected chi connectivity index (χ4v) is 0.919. The third-order valence-corrected chi connectivity index (χ3v) is 1.46. The summed E-state index contributed by atoms with van der Waals surface area (Å²) in [5.41, 5.74) is 5.02. The summed E-state index contributed by atoms with van der Waals surface area (Å²) in [5, 5.41) is 5.10. The van der Waals surface area contributed by atoms with E-state index in [0.717, 1.165) is 0 Å². The van der Waals surface area contributed by atoms with Gasteiger partial charge < -0.3 is 10.5 Å². The standard InChI is InChI=1S/C5H8N4O2S/c1-11-2(3(6)10)4-7-5(12)9-8-4/h2H,1H3,(H2,6,10)(H2,7,8,9,12). The van der Waals surface area contributed by atoms with Gasteiger partial charge in [0, 0.05) is 7.11 Å². The number of ether oxygens (including phenoxy) is 1. The van der Waals surface area contributed by atoms with Gasteiger partial charge in [-0.1, -0.05) is 0 Å². The van der Waals surface area contributed by atoms with Crippen molar-refractivity contribution in [2.45, 2.75) is 6.10 Å². The van der Waals surface area contributed by atoms with Crippen molar-refractivity contribution < 1.29 is 9.53 Å². The van der Waals surface area contributed by atoms with Gasteiger partial charge in [0.25, 0.3) is 5.91 Å². The topological polar surface area (TPSA) is 96.8 Å². The number of carbonyl (C=O) groups excluding carboxylic acids is 1. The predicted octanol–water partition coefficient (Wildman–Crippen LogP) is -0.360. The molecule has 12 heavy (non-hydrogen) atoms. The minimum Gasteiger partial charge on any atom is -0.367 e. The highest BCUT2D eigenvalue weighted by molar-refractivity contribution is 7.71. The van der Waals surface area contributed by atoms with Crippen molar-refractivity contribution >= 4 is 18.1 Å². The molecule has 0 aliphatic carbocycles. The summed E-state index contributed by atoms with van der Waals surface area (Å²) in [7, 11) is 1.36. The minimum atomic E-state index is -0.877. The number of hydrogen-bond acceptors (Lipinski definition) is 4. The van der Waals surface area contributed by atoms with E-state index in [1.54, 1.807) is 0 Å². The highest BCUT2D eigenvalue weighted by Crippen LogP contribution is 2.09. The average Bonchev–Trinajstić information content (AvgIpc) is 2.37. The summed E-state index contributed by atoms with van der Waals surface area (Å²) < 4.78 is 5.03. The zero-order chi connectivity index (χ0) is 9.14. The van der Waals surface area contributed by atoms with Gasteiger partial charge in [-0.25, -0.2) is 4.98 Å². The van der Waals surface area contributed by atoms with Crippen LogP contribution in [0, 0.1) is 4.77 Å². The number of primary amides is 1. The van der Waals surface area contributed by atoms with Gasteiger partial charge >= 0.3 is 0 Å². The van der Waals surface area contributed by atoms with Crippen LogP contribution in [0.2, 0.25) is 0 Å². The van der Waals surface area contributed by atoms with E-state index in [4.69, 9.17) is 10.5 Å². The van der Waals surface area contributed by atoms with Crippen LogP contribution in [0.4, 0.5) is 0 Å². The molecular weight excluding hydrogens is 180 g/mol. The summed E-state index contributed by atoms with van der Waals surface area (Å²) >= 11 is 4.68. The SMILES string of the molecule is COC(C(N)=O)c1nc(=S)[nH][nH]1. The number of hydrogen-bond donors (Lipinski definition) is 3. The molecule has 4 N–H and O–H groups in total. The second-order valence-electron chi connectivity index (χ2n) is 2.07. The van der Waals surface area contributed by atoms with E-state index < -0.39 is 12.0 Å². The van der Waals surface area contributed by atoms with Crippen molar-refractivity contribution in [3.63, 3.8) is 0 Å². The Bertz CT molecular complexity index is 330. The molecule has 0 radical (unpaired) electrons. The fraction of sp³-hybridized carbons (Fsp3) is 0.400. The molecule has 6 nitrogen and oxygen atoms in total. The molecule has 0 aliphatic rings. The van der Waals surface area contributed by atoms with Crippen molar-refractivity contribution in [1.82, 2.24) is 15.2 Å². The highest BCUT2D eigenvalue weighted by atomic mass is 32.1. The molecule has 0 saturated heterocycles. The Balaban J connectivity index is 2.94. The van der Waals surface area contributed by atoms with Crippen LogP contribution in [-0.4, -0.2) is 28.2 Å². The van der Waals surface area contributed by atoms with Crippen LogP contribution in [-0.2, 0) is 9.53 Å². The molecule has 1 aromatic rings. The number of nitrogens with zero attached hydrogens (tertiary/aromatic N) is 1. The van der Waals surface area contributed by atoms with Crippen LogP contribution in [0.3, 0.4) is 0 Å². The van der Waals surface area contributed by atoms with E-state index in [1.165, 1.54) is 7.11 Å². The van der Waals surface area contributed by atoms with Gasteiger partial charge in [-0.2, -0.15) is 0 Å². The lowest BCUT2D eigenvalue weighted by molar-refractivity contribution is -0.128. The quantitative estimate of drug-likeness (QED) is 0.564. The van der Waals surface area contributed by atoms with Gasteiger partial charge in [-0.3, -0.25) is 15.0 Å². The maximum Gasteiger partial charge on any atom is 0.254 e. The summed E-state index contributed by atoms with van der Waals surface area (Å²) in [4.78, 5) is 14.5. The van der Waals surface area contributed by atoms with Gasteiger partial charge in [-0.15, -0.1) is 0 Å². The first kappa shape index (κ1) is 8.88. The molecule has 7 heteroatoms. The van der Waals surface area contributed by atoms with Gasteiger partial charge in [0.15, 0.2) is 11.9 Å². The Morgan fingerprint density at radius 3 is 2.75 bits per heavy atom. The number of aromatic nitrogens is 3. The molecule has 0 bridgehead atoms. The lowest BCUT2D eigenvalue weighted by Crippen LogP contribution is -2.23. The predicted molar refractivity (Wildman–Crippen MR) is 42.7 cm³/mol. The number of rotatable bonds is 3. The first-order valence-corrected chi connectivity index (χ1v) is 3.52. The van der Waals surface area contributed by atoms with Crippen molar-refractivity contribution in [2.75, 3.05) is 7.11 Å². The van der Waals surface area contributed by atoms with Crippen LogP contribution >= 0.6 is 12.2 Å². The summed E-state index contributed by atoms with van der Waals surface area (Å²) in [6.45, 7) is 0. The molecule has 1 aromatic heterocycles. The number of carbonyl (C=O) groups is 1. The Hall–Kier alpha value is -1.21. The summed E-state index contributed by atoms with van der Waals surface area (Å²) in [6, 6.07) is 0.